The number of rotatable bonds is 4. The molecule has 2 aromatic carbocycles. The van der Waals surface area contributed by atoms with E-state index in [0.717, 1.165) is 22.3 Å². The van der Waals surface area contributed by atoms with E-state index in [0.29, 0.717) is 0 Å². The van der Waals surface area contributed by atoms with Gasteiger partial charge in [-0.05, 0) is 58.1 Å². The van der Waals surface area contributed by atoms with Crippen LogP contribution in [0.1, 0.15) is 83.6 Å². The minimum Gasteiger partial charge on any atom is -0.480 e. The van der Waals surface area contributed by atoms with Crippen LogP contribution in [-0.4, -0.2) is 29.3 Å². The van der Waals surface area contributed by atoms with Gasteiger partial charge < -0.3 is 15.2 Å². The lowest BCUT2D eigenvalue weighted by Crippen LogP contribution is -2.50. The monoisotopic (exact) mass is 437 g/mol. The molecule has 0 aliphatic heterocycles. The summed E-state index contributed by atoms with van der Waals surface area (Å²) in [6.07, 6.45) is -0.730. The third-order valence-corrected chi connectivity index (χ3v) is 6.21. The zero-order valence-electron chi connectivity index (χ0n) is 20.4. The van der Waals surface area contributed by atoms with Crippen molar-refractivity contribution in [3.8, 4) is 11.1 Å². The Labute approximate surface area is 191 Å². The van der Waals surface area contributed by atoms with Crippen molar-refractivity contribution < 1.29 is 19.4 Å². The molecule has 0 unspecified atom stereocenters. The summed E-state index contributed by atoms with van der Waals surface area (Å²) in [5, 5.41) is 11.7. The van der Waals surface area contributed by atoms with Crippen molar-refractivity contribution in [1.82, 2.24) is 5.32 Å². The number of fused-ring (bicyclic) bond motifs is 3. The van der Waals surface area contributed by atoms with Gasteiger partial charge in [0.05, 0.1) is 0 Å². The van der Waals surface area contributed by atoms with Crippen LogP contribution in [-0.2, 0) is 20.4 Å². The van der Waals surface area contributed by atoms with Crippen LogP contribution >= 0.6 is 0 Å². The van der Waals surface area contributed by atoms with E-state index in [1.165, 1.54) is 25.0 Å². The molecule has 2 N–H and O–H groups in total. The lowest BCUT2D eigenvalue weighted by molar-refractivity contribution is -0.143. The molecule has 5 nitrogen and oxygen atoms in total. The van der Waals surface area contributed by atoms with Crippen LogP contribution in [0.15, 0.2) is 36.4 Å². The van der Waals surface area contributed by atoms with E-state index in [9.17, 15) is 14.7 Å². The number of carboxylic acid groups (broad SMARTS) is 1. The van der Waals surface area contributed by atoms with E-state index in [4.69, 9.17) is 4.74 Å². The summed E-state index contributed by atoms with van der Waals surface area (Å²) in [5.74, 6) is -1.22. The van der Waals surface area contributed by atoms with Gasteiger partial charge in [-0.25, -0.2) is 9.59 Å². The first-order valence-electron chi connectivity index (χ1n) is 11.1. The molecule has 2 aromatic rings. The van der Waals surface area contributed by atoms with Crippen molar-refractivity contribution in [2.75, 3.05) is 6.61 Å². The summed E-state index contributed by atoms with van der Waals surface area (Å²) in [6.45, 7) is 16.1. The Morgan fingerprint density at radius 2 is 1.28 bits per heavy atom. The number of carbonyl (C=O) groups is 2. The van der Waals surface area contributed by atoms with Gasteiger partial charge in [0.25, 0.3) is 0 Å². The van der Waals surface area contributed by atoms with Gasteiger partial charge in [0.2, 0.25) is 0 Å². The van der Waals surface area contributed by atoms with Crippen molar-refractivity contribution in [3.63, 3.8) is 0 Å². The Hall–Kier alpha value is -2.82. The quantitative estimate of drug-likeness (QED) is 0.617. The largest absolute Gasteiger partial charge is 0.480 e. The maximum Gasteiger partial charge on any atom is 0.408 e. The molecule has 0 atom stereocenters. The minimum absolute atomic E-state index is 0.00529. The standard InChI is InChI=1S/C27H35NO4/c1-25(2,3)16-9-11-18-19-12-10-17(26(4,5)6)14-21(19)22(20(18)13-16)15-32-24(31)28-27(7,8)23(29)30/h9-14,22H,15H2,1-8H3,(H,28,31)(H,29,30). The van der Waals surface area contributed by atoms with Crippen LogP contribution in [0, 0.1) is 0 Å². The fourth-order valence-corrected chi connectivity index (χ4v) is 3.98. The van der Waals surface area contributed by atoms with E-state index in [2.05, 4.69) is 83.3 Å². The maximum absolute atomic E-state index is 12.4. The molecule has 0 heterocycles. The normalized spacial score (nSPS) is 14.0. The molecule has 0 saturated heterocycles. The van der Waals surface area contributed by atoms with Gasteiger partial charge in [-0.15, -0.1) is 0 Å². The summed E-state index contributed by atoms with van der Waals surface area (Å²) in [4.78, 5) is 23.7. The second-order valence-electron chi connectivity index (χ2n) is 11.3. The lowest BCUT2D eigenvalue weighted by Gasteiger charge is -2.24. The molecular weight excluding hydrogens is 402 g/mol. The number of benzene rings is 2. The number of nitrogens with one attached hydrogen (secondary N) is 1. The first-order valence-corrected chi connectivity index (χ1v) is 11.1. The van der Waals surface area contributed by atoms with Gasteiger partial charge in [-0.3, -0.25) is 0 Å². The van der Waals surface area contributed by atoms with Gasteiger partial charge in [-0.2, -0.15) is 0 Å². The predicted molar refractivity (Wildman–Crippen MR) is 127 cm³/mol. The minimum atomic E-state index is -1.40. The second-order valence-corrected chi connectivity index (χ2v) is 11.3. The molecule has 1 aliphatic rings. The van der Waals surface area contributed by atoms with Crippen molar-refractivity contribution in [2.45, 2.75) is 77.7 Å². The number of alkyl carbamates (subject to hydrolysis) is 1. The van der Waals surface area contributed by atoms with Crippen LogP contribution in [0.5, 0.6) is 0 Å². The van der Waals surface area contributed by atoms with E-state index < -0.39 is 17.6 Å². The van der Waals surface area contributed by atoms with Gasteiger partial charge in [0, 0.05) is 5.92 Å². The highest BCUT2D eigenvalue weighted by Crippen LogP contribution is 2.47. The summed E-state index contributed by atoms with van der Waals surface area (Å²) in [6, 6.07) is 13.1. The molecule has 5 heteroatoms. The third-order valence-electron chi connectivity index (χ3n) is 6.21. The van der Waals surface area contributed by atoms with Crippen molar-refractivity contribution in [2.24, 2.45) is 0 Å². The Bertz CT molecular complexity index is 991. The molecule has 1 amide bonds. The molecule has 172 valence electrons. The molecule has 0 fully saturated rings. The molecule has 0 radical (unpaired) electrons. The maximum atomic E-state index is 12.4. The van der Waals surface area contributed by atoms with E-state index in [-0.39, 0.29) is 23.4 Å². The molecular formula is C27H35NO4. The smallest absolute Gasteiger partial charge is 0.408 e. The van der Waals surface area contributed by atoms with Crippen molar-refractivity contribution >= 4 is 12.1 Å². The zero-order chi connectivity index (χ0) is 24.1. The number of carboxylic acids is 1. The molecule has 3 rings (SSSR count). The summed E-state index contributed by atoms with van der Waals surface area (Å²) < 4.78 is 5.56. The van der Waals surface area contributed by atoms with Gasteiger partial charge >= 0.3 is 12.1 Å². The Kier molecular flexibility index (Phi) is 5.92. The highest BCUT2D eigenvalue weighted by atomic mass is 16.5. The first kappa shape index (κ1) is 23.8. The SMILES string of the molecule is CC(C)(NC(=O)OCC1c2cc(C(C)(C)C)ccc2-c2ccc(C(C)(C)C)cc21)C(=O)O. The fraction of sp³-hybridized carbons (Fsp3) is 0.481. The van der Waals surface area contributed by atoms with Crippen LogP contribution in [0.4, 0.5) is 4.79 Å². The fourth-order valence-electron chi connectivity index (χ4n) is 3.98. The van der Waals surface area contributed by atoms with Gasteiger partial charge in [0.15, 0.2) is 0 Å². The van der Waals surface area contributed by atoms with Gasteiger partial charge in [-0.1, -0.05) is 77.9 Å². The highest BCUT2D eigenvalue weighted by Gasteiger charge is 2.34. The van der Waals surface area contributed by atoms with Crippen LogP contribution in [0.3, 0.4) is 0 Å². The van der Waals surface area contributed by atoms with E-state index in [1.54, 1.807) is 0 Å². The molecule has 0 aromatic heterocycles. The topological polar surface area (TPSA) is 75.6 Å². The van der Waals surface area contributed by atoms with Crippen molar-refractivity contribution in [1.29, 1.82) is 0 Å². The lowest BCUT2D eigenvalue weighted by atomic mass is 9.83. The number of hydrogen-bond donors (Lipinski definition) is 2. The summed E-state index contributed by atoms with van der Waals surface area (Å²) in [5.41, 5.74) is 5.64. The number of hydrogen-bond acceptors (Lipinski definition) is 3. The van der Waals surface area contributed by atoms with Crippen LogP contribution in [0.25, 0.3) is 11.1 Å². The second kappa shape index (κ2) is 7.95. The molecule has 0 bridgehead atoms. The molecule has 1 aliphatic carbocycles. The molecule has 0 spiro atoms. The van der Waals surface area contributed by atoms with Crippen LogP contribution < -0.4 is 5.32 Å². The van der Waals surface area contributed by atoms with Crippen molar-refractivity contribution in [3.05, 3.63) is 58.7 Å². The Morgan fingerprint density at radius 3 is 1.66 bits per heavy atom. The summed E-state index contributed by atoms with van der Waals surface area (Å²) >= 11 is 0. The number of carbonyl (C=O) groups excluding carboxylic acids is 1. The number of amides is 1. The predicted octanol–water partition coefficient (Wildman–Crippen LogP) is 5.98. The average Bonchev–Trinajstić information content (AvgIpc) is 2.97. The van der Waals surface area contributed by atoms with E-state index >= 15 is 0 Å². The number of aliphatic carboxylic acids is 1. The molecule has 32 heavy (non-hydrogen) atoms. The van der Waals surface area contributed by atoms with Gasteiger partial charge in [0.1, 0.15) is 12.1 Å². The highest BCUT2D eigenvalue weighted by molar-refractivity contribution is 5.84. The average molecular weight is 438 g/mol. The number of ether oxygens (including phenoxy) is 1. The summed E-state index contributed by atoms with van der Waals surface area (Å²) in [7, 11) is 0. The Balaban J connectivity index is 1.99. The first-order chi connectivity index (χ1) is 14.6. The van der Waals surface area contributed by atoms with E-state index in [1.807, 2.05) is 0 Å². The zero-order valence-corrected chi connectivity index (χ0v) is 20.4. The molecule has 0 saturated carbocycles. The van der Waals surface area contributed by atoms with Crippen LogP contribution in [0.2, 0.25) is 0 Å². The Morgan fingerprint density at radius 1 is 0.844 bits per heavy atom. The third kappa shape index (κ3) is 4.67.